The van der Waals surface area contributed by atoms with E-state index < -0.39 is 18.2 Å². The van der Waals surface area contributed by atoms with Gasteiger partial charge in [0.2, 0.25) is 0 Å². The Morgan fingerprint density at radius 3 is 2.26 bits per heavy atom. The van der Waals surface area contributed by atoms with Crippen molar-refractivity contribution in [2.45, 2.75) is 40.0 Å². The molecule has 0 N–H and O–H groups in total. The van der Waals surface area contributed by atoms with Crippen LogP contribution in [-0.4, -0.2) is 51.3 Å². The van der Waals surface area contributed by atoms with Crippen molar-refractivity contribution < 1.29 is 33.2 Å². The molecule has 0 aliphatic rings. The first-order valence-corrected chi connectivity index (χ1v) is 7.53. The minimum atomic E-state index is -1.39. The summed E-state index contributed by atoms with van der Waals surface area (Å²) in [5.74, 6) is -1.87. The van der Waals surface area contributed by atoms with Crippen molar-refractivity contribution in [3.63, 3.8) is 0 Å². The van der Waals surface area contributed by atoms with Gasteiger partial charge in [-0.2, -0.15) is 0 Å². The van der Waals surface area contributed by atoms with Crippen molar-refractivity contribution in [1.82, 2.24) is 0 Å². The Morgan fingerprint density at radius 1 is 1.17 bits per heavy atom. The molecule has 23 heavy (non-hydrogen) atoms. The van der Waals surface area contributed by atoms with E-state index in [0.717, 1.165) is 0 Å². The van der Waals surface area contributed by atoms with E-state index in [9.17, 15) is 4.79 Å². The fraction of sp³-hybridized carbons (Fsp3) is 0.688. The lowest BCUT2D eigenvalue weighted by atomic mass is 10.4. The van der Waals surface area contributed by atoms with E-state index in [1.54, 1.807) is 13.8 Å². The number of esters is 1. The second kappa shape index (κ2) is 12.1. The molecule has 0 radical (unpaired) electrons. The summed E-state index contributed by atoms with van der Waals surface area (Å²) in [7, 11) is 0. The van der Waals surface area contributed by atoms with Crippen LogP contribution in [-0.2, 0) is 33.2 Å². The first-order valence-electron chi connectivity index (χ1n) is 7.53. The Balaban J connectivity index is 4.54. The van der Waals surface area contributed by atoms with E-state index in [1.807, 2.05) is 13.8 Å². The monoisotopic (exact) mass is 332 g/mol. The highest BCUT2D eigenvalue weighted by molar-refractivity contribution is 5.86. The lowest BCUT2D eigenvalue weighted by Gasteiger charge is -2.33. The molecular weight excluding hydrogens is 304 g/mol. The zero-order chi connectivity index (χ0) is 17.7. The van der Waals surface area contributed by atoms with E-state index in [2.05, 4.69) is 13.2 Å². The van der Waals surface area contributed by atoms with E-state index in [4.69, 9.17) is 28.4 Å². The minimum Gasteiger partial charge on any atom is -0.473 e. The molecule has 0 bridgehead atoms. The molecule has 0 saturated heterocycles. The van der Waals surface area contributed by atoms with Crippen LogP contribution in [0.2, 0.25) is 0 Å². The van der Waals surface area contributed by atoms with Gasteiger partial charge in [0.05, 0.1) is 12.9 Å². The van der Waals surface area contributed by atoms with Crippen LogP contribution in [0.3, 0.4) is 0 Å². The van der Waals surface area contributed by atoms with Crippen molar-refractivity contribution in [3.05, 3.63) is 25.0 Å². The van der Waals surface area contributed by atoms with Gasteiger partial charge in [-0.25, -0.2) is 4.79 Å². The fourth-order valence-electron chi connectivity index (χ4n) is 1.54. The van der Waals surface area contributed by atoms with Crippen LogP contribution in [0.25, 0.3) is 0 Å². The summed E-state index contributed by atoms with van der Waals surface area (Å²) in [5, 5.41) is 0. The molecule has 0 saturated carbocycles. The fourth-order valence-corrected chi connectivity index (χ4v) is 1.54. The molecule has 0 fully saturated rings. The molecule has 1 unspecified atom stereocenters. The maximum absolute atomic E-state index is 11.3. The second-order valence-electron chi connectivity index (χ2n) is 4.50. The van der Waals surface area contributed by atoms with Gasteiger partial charge in [0.1, 0.15) is 13.2 Å². The average Bonchev–Trinajstić information content (AvgIpc) is 2.50. The minimum absolute atomic E-state index is 0.0158. The summed E-state index contributed by atoms with van der Waals surface area (Å²) >= 11 is 0. The quantitative estimate of drug-likeness (QED) is 0.159. The molecular formula is C16H28O7. The maximum atomic E-state index is 11.3. The Labute approximate surface area is 138 Å². The van der Waals surface area contributed by atoms with Gasteiger partial charge in [0, 0.05) is 18.8 Å². The van der Waals surface area contributed by atoms with Crippen LogP contribution in [0, 0.1) is 0 Å². The van der Waals surface area contributed by atoms with Crippen LogP contribution in [0.15, 0.2) is 25.0 Å². The Hall–Kier alpha value is -1.41. The number of hydrogen-bond donors (Lipinski definition) is 0. The lowest BCUT2D eigenvalue weighted by Crippen LogP contribution is -2.45. The van der Waals surface area contributed by atoms with Gasteiger partial charge < -0.3 is 28.4 Å². The number of ether oxygens (including phenoxy) is 6. The standard InChI is InChI=1S/C16H28O7/c1-7-18-14(6)20-12-16(21-8-2,22-9-3)23-11-10-19-15(17)13(4)5/h7,14H,1,4,8-12H2,2-3,5-6H3. The Morgan fingerprint density at radius 2 is 1.78 bits per heavy atom. The highest BCUT2D eigenvalue weighted by Crippen LogP contribution is 2.17. The zero-order valence-electron chi connectivity index (χ0n) is 14.5. The predicted molar refractivity (Wildman–Crippen MR) is 84.4 cm³/mol. The van der Waals surface area contributed by atoms with E-state index in [1.165, 1.54) is 6.26 Å². The SMILES string of the molecule is C=COC(C)OCC(OCC)(OCC)OCCOC(=O)C(=C)C. The Bertz CT molecular complexity index is 361. The average molecular weight is 332 g/mol. The summed E-state index contributed by atoms with van der Waals surface area (Å²) in [6, 6.07) is 0. The van der Waals surface area contributed by atoms with Gasteiger partial charge >= 0.3 is 11.9 Å². The van der Waals surface area contributed by atoms with Gasteiger partial charge in [0.15, 0.2) is 6.29 Å². The van der Waals surface area contributed by atoms with Gasteiger partial charge in [-0.15, -0.1) is 0 Å². The van der Waals surface area contributed by atoms with E-state index in [-0.39, 0.29) is 19.8 Å². The number of carbonyl (C=O) groups is 1. The topological polar surface area (TPSA) is 72.5 Å². The first-order chi connectivity index (χ1) is 10.9. The second-order valence-corrected chi connectivity index (χ2v) is 4.50. The van der Waals surface area contributed by atoms with Crippen molar-refractivity contribution >= 4 is 5.97 Å². The summed E-state index contributed by atoms with van der Waals surface area (Å²) in [4.78, 5) is 11.3. The lowest BCUT2D eigenvalue weighted by molar-refractivity contribution is -0.400. The van der Waals surface area contributed by atoms with E-state index >= 15 is 0 Å². The van der Waals surface area contributed by atoms with Gasteiger partial charge in [-0.3, -0.25) is 0 Å². The summed E-state index contributed by atoms with van der Waals surface area (Å²) in [5.41, 5.74) is 0.324. The van der Waals surface area contributed by atoms with Gasteiger partial charge in [0.25, 0.3) is 0 Å². The highest BCUT2D eigenvalue weighted by Gasteiger charge is 2.34. The largest absolute Gasteiger partial charge is 0.473 e. The Kier molecular flexibility index (Phi) is 11.3. The molecule has 134 valence electrons. The predicted octanol–water partition coefficient (Wildman–Crippen LogP) is 2.37. The molecule has 0 amide bonds. The number of hydrogen-bond acceptors (Lipinski definition) is 7. The van der Waals surface area contributed by atoms with Gasteiger partial charge in [-0.05, 0) is 27.7 Å². The molecule has 0 aromatic heterocycles. The zero-order valence-corrected chi connectivity index (χ0v) is 14.5. The highest BCUT2D eigenvalue weighted by atomic mass is 16.9. The van der Waals surface area contributed by atoms with Crippen molar-refractivity contribution in [2.24, 2.45) is 0 Å². The normalized spacial score (nSPS) is 12.5. The molecule has 0 aromatic rings. The molecule has 7 nitrogen and oxygen atoms in total. The summed E-state index contributed by atoms with van der Waals surface area (Å²) in [6.45, 7) is 14.7. The molecule has 0 spiro atoms. The molecule has 1 atom stereocenters. The smallest absolute Gasteiger partial charge is 0.333 e. The number of rotatable bonds is 14. The third-order valence-corrected chi connectivity index (χ3v) is 2.50. The molecule has 0 aliphatic carbocycles. The molecule has 0 heterocycles. The molecule has 0 aromatic carbocycles. The van der Waals surface area contributed by atoms with Gasteiger partial charge in [-0.1, -0.05) is 13.2 Å². The first kappa shape index (κ1) is 21.6. The van der Waals surface area contributed by atoms with Crippen molar-refractivity contribution in [3.8, 4) is 0 Å². The van der Waals surface area contributed by atoms with Crippen molar-refractivity contribution in [1.29, 1.82) is 0 Å². The van der Waals surface area contributed by atoms with Crippen LogP contribution in [0.5, 0.6) is 0 Å². The third-order valence-electron chi connectivity index (χ3n) is 2.50. The maximum Gasteiger partial charge on any atom is 0.333 e. The van der Waals surface area contributed by atoms with Crippen LogP contribution in [0.4, 0.5) is 0 Å². The molecule has 0 rings (SSSR count). The third kappa shape index (κ3) is 9.35. The van der Waals surface area contributed by atoms with Crippen LogP contribution in [0.1, 0.15) is 27.7 Å². The van der Waals surface area contributed by atoms with Crippen LogP contribution >= 0.6 is 0 Å². The number of carbonyl (C=O) groups excluding carboxylic acids is 1. The molecule has 7 heteroatoms. The summed E-state index contributed by atoms with van der Waals surface area (Å²) < 4.78 is 32.2. The van der Waals surface area contributed by atoms with E-state index in [0.29, 0.717) is 18.8 Å². The summed E-state index contributed by atoms with van der Waals surface area (Å²) in [6.07, 6.45) is 0.753. The molecule has 0 aliphatic heterocycles. The van der Waals surface area contributed by atoms with Crippen molar-refractivity contribution in [2.75, 3.05) is 33.0 Å². The van der Waals surface area contributed by atoms with Crippen LogP contribution < -0.4 is 0 Å².